The lowest BCUT2D eigenvalue weighted by atomic mass is 10.3. The zero-order chi connectivity index (χ0) is 18.1. The highest BCUT2D eigenvalue weighted by molar-refractivity contribution is 5.95. The summed E-state index contributed by atoms with van der Waals surface area (Å²) in [4.78, 5) is 31.6. The number of anilines is 1. The van der Waals surface area contributed by atoms with Crippen molar-refractivity contribution in [2.24, 2.45) is 4.99 Å². The third-order valence-corrected chi connectivity index (χ3v) is 3.78. The summed E-state index contributed by atoms with van der Waals surface area (Å²) >= 11 is 0. The SMILES string of the molecule is CCOC(=O)N1CCN(C(=NC)NCC(=O)Nc2ccccc2)CC1. The molecule has 0 radical (unpaired) electrons. The second-order valence-corrected chi connectivity index (χ2v) is 5.49. The van der Waals surface area contributed by atoms with Gasteiger partial charge in [0.25, 0.3) is 0 Å². The number of para-hydroxylation sites is 1. The average Bonchev–Trinajstić information content (AvgIpc) is 2.64. The zero-order valence-corrected chi connectivity index (χ0v) is 14.7. The van der Waals surface area contributed by atoms with Crippen molar-refractivity contribution < 1.29 is 14.3 Å². The number of carbonyl (C=O) groups is 2. The van der Waals surface area contributed by atoms with E-state index in [1.165, 1.54) is 0 Å². The molecule has 0 aromatic heterocycles. The van der Waals surface area contributed by atoms with E-state index >= 15 is 0 Å². The summed E-state index contributed by atoms with van der Waals surface area (Å²) in [6.07, 6.45) is -0.285. The van der Waals surface area contributed by atoms with Crippen LogP contribution in [-0.2, 0) is 9.53 Å². The van der Waals surface area contributed by atoms with Gasteiger partial charge in [-0.25, -0.2) is 4.79 Å². The summed E-state index contributed by atoms with van der Waals surface area (Å²) in [5, 5.41) is 5.87. The van der Waals surface area contributed by atoms with Crippen molar-refractivity contribution in [1.82, 2.24) is 15.1 Å². The number of ether oxygens (including phenoxy) is 1. The van der Waals surface area contributed by atoms with Crippen LogP contribution in [0.3, 0.4) is 0 Å². The number of nitrogens with zero attached hydrogens (tertiary/aromatic N) is 3. The quantitative estimate of drug-likeness (QED) is 0.626. The predicted octanol–water partition coefficient (Wildman–Crippen LogP) is 0.975. The van der Waals surface area contributed by atoms with Gasteiger partial charge < -0.3 is 25.2 Å². The molecule has 1 fully saturated rings. The van der Waals surface area contributed by atoms with Crippen molar-refractivity contribution in [3.05, 3.63) is 30.3 Å². The number of hydrogen-bond donors (Lipinski definition) is 2. The summed E-state index contributed by atoms with van der Waals surface area (Å²) in [6, 6.07) is 9.30. The standard InChI is InChI=1S/C17H25N5O3/c1-3-25-17(24)22-11-9-21(10-12-22)16(18-2)19-13-15(23)20-14-7-5-4-6-8-14/h4-8H,3,9-13H2,1-2H3,(H,18,19)(H,20,23). The second kappa shape index (κ2) is 9.51. The lowest BCUT2D eigenvalue weighted by molar-refractivity contribution is -0.115. The number of hydrogen-bond acceptors (Lipinski definition) is 4. The number of amides is 2. The number of carbonyl (C=O) groups excluding carboxylic acids is 2. The normalized spacial score (nSPS) is 14.9. The Bertz CT molecular complexity index is 598. The summed E-state index contributed by atoms with van der Waals surface area (Å²) in [7, 11) is 1.68. The fraction of sp³-hybridized carbons (Fsp3) is 0.471. The molecule has 0 spiro atoms. The largest absolute Gasteiger partial charge is 0.450 e. The Morgan fingerprint density at radius 2 is 1.76 bits per heavy atom. The van der Waals surface area contributed by atoms with E-state index in [2.05, 4.69) is 15.6 Å². The Morgan fingerprint density at radius 3 is 2.36 bits per heavy atom. The van der Waals surface area contributed by atoms with Gasteiger partial charge >= 0.3 is 6.09 Å². The molecule has 1 heterocycles. The van der Waals surface area contributed by atoms with E-state index in [1.54, 1.807) is 18.9 Å². The number of guanidine groups is 1. The molecule has 1 aliphatic rings. The molecule has 0 atom stereocenters. The number of piperazine rings is 1. The van der Waals surface area contributed by atoms with Gasteiger partial charge in [0.05, 0.1) is 13.2 Å². The van der Waals surface area contributed by atoms with E-state index in [4.69, 9.17) is 4.74 Å². The lowest BCUT2D eigenvalue weighted by Gasteiger charge is -2.35. The van der Waals surface area contributed by atoms with Crippen LogP contribution >= 0.6 is 0 Å². The minimum Gasteiger partial charge on any atom is -0.450 e. The Kier molecular flexibility index (Phi) is 7.06. The van der Waals surface area contributed by atoms with Gasteiger partial charge in [-0.05, 0) is 19.1 Å². The highest BCUT2D eigenvalue weighted by atomic mass is 16.6. The van der Waals surface area contributed by atoms with E-state index in [0.29, 0.717) is 38.7 Å². The van der Waals surface area contributed by atoms with Crippen molar-refractivity contribution in [2.45, 2.75) is 6.92 Å². The maximum absolute atomic E-state index is 12.0. The van der Waals surface area contributed by atoms with Crippen molar-refractivity contribution in [3.8, 4) is 0 Å². The average molecular weight is 347 g/mol. The van der Waals surface area contributed by atoms with Crippen LogP contribution in [0.5, 0.6) is 0 Å². The fourth-order valence-corrected chi connectivity index (χ4v) is 2.53. The summed E-state index contributed by atoms with van der Waals surface area (Å²) in [5.74, 6) is 0.504. The third-order valence-electron chi connectivity index (χ3n) is 3.78. The van der Waals surface area contributed by atoms with Crippen LogP contribution in [-0.4, -0.2) is 74.1 Å². The van der Waals surface area contributed by atoms with Crippen LogP contribution in [0.2, 0.25) is 0 Å². The molecule has 1 aromatic rings. The summed E-state index contributed by atoms with van der Waals surface area (Å²) in [6.45, 7) is 4.70. The molecule has 25 heavy (non-hydrogen) atoms. The number of benzene rings is 1. The van der Waals surface area contributed by atoms with Crippen molar-refractivity contribution in [3.63, 3.8) is 0 Å². The smallest absolute Gasteiger partial charge is 0.409 e. The van der Waals surface area contributed by atoms with Gasteiger partial charge in [0.15, 0.2) is 5.96 Å². The maximum atomic E-state index is 12.0. The van der Waals surface area contributed by atoms with Gasteiger partial charge in [-0.1, -0.05) is 18.2 Å². The fourth-order valence-electron chi connectivity index (χ4n) is 2.53. The molecule has 0 unspecified atom stereocenters. The van der Waals surface area contributed by atoms with E-state index in [1.807, 2.05) is 35.2 Å². The number of aliphatic imine (C=N–C) groups is 1. The van der Waals surface area contributed by atoms with Crippen LogP contribution in [0.4, 0.5) is 10.5 Å². The van der Waals surface area contributed by atoms with Gasteiger partial charge in [-0.3, -0.25) is 9.79 Å². The Hall–Kier alpha value is -2.77. The van der Waals surface area contributed by atoms with Crippen molar-refractivity contribution >= 4 is 23.6 Å². The molecule has 2 N–H and O–H groups in total. The van der Waals surface area contributed by atoms with E-state index in [9.17, 15) is 9.59 Å². The van der Waals surface area contributed by atoms with E-state index in [-0.39, 0.29) is 18.5 Å². The monoisotopic (exact) mass is 347 g/mol. The van der Waals surface area contributed by atoms with Crippen LogP contribution in [0, 0.1) is 0 Å². The third kappa shape index (κ3) is 5.66. The molecule has 8 nitrogen and oxygen atoms in total. The Morgan fingerprint density at radius 1 is 1.12 bits per heavy atom. The molecule has 136 valence electrons. The van der Waals surface area contributed by atoms with Crippen molar-refractivity contribution in [1.29, 1.82) is 0 Å². The number of rotatable bonds is 4. The van der Waals surface area contributed by atoms with Gasteiger partial charge in [-0.15, -0.1) is 0 Å². The van der Waals surface area contributed by atoms with Crippen LogP contribution in [0.25, 0.3) is 0 Å². The second-order valence-electron chi connectivity index (χ2n) is 5.49. The molecular formula is C17H25N5O3. The summed E-state index contributed by atoms with van der Waals surface area (Å²) in [5.41, 5.74) is 0.757. The minimum absolute atomic E-state index is 0.125. The summed E-state index contributed by atoms with van der Waals surface area (Å²) < 4.78 is 5.01. The van der Waals surface area contributed by atoms with Crippen LogP contribution < -0.4 is 10.6 Å². The first-order chi connectivity index (χ1) is 12.1. The Balaban J connectivity index is 1.77. The first-order valence-corrected chi connectivity index (χ1v) is 8.36. The number of nitrogens with one attached hydrogen (secondary N) is 2. The predicted molar refractivity (Wildman–Crippen MR) is 96.6 cm³/mol. The minimum atomic E-state index is -0.285. The molecule has 0 bridgehead atoms. The molecular weight excluding hydrogens is 322 g/mol. The topological polar surface area (TPSA) is 86.3 Å². The molecule has 1 aliphatic heterocycles. The van der Waals surface area contributed by atoms with Gasteiger partial charge in [0.1, 0.15) is 0 Å². The Labute approximate surface area is 147 Å². The highest BCUT2D eigenvalue weighted by Crippen LogP contribution is 2.05. The maximum Gasteiger partial charge on any atom is 0.409 e. The highest BCUT2D eigenvalue weighted by Gasteiger charge is 2.23. The van der Waals surface area contributed by atoms with Gasteiger partial charge in [0, 0.05) is 38.9 Å². The molecule has 2 amide bonds. The van der Waals surface area contributed by atoms with Gasteiger partial charge in [-0.2, -0.15) is 0 Å². The molecule has 2 rings (SSSR count). The lowest BCUT2D eigenvalue weighted by Crippen LogP contribution is -2.54. The molecule has 8 heteroatoms. The zero-order valence-electron chi connectivity index (χ0n) is 14.7. The molecule has 0 aliphatic carbocycles. The van der Waals surface area contributed by atoms with Crippen LogP contribution in [0.1, 0.15) is 6.92 Å². The first-order valence-electron chi connectivity index (χ1n) is 8.36. The van der Waals surface area contributed by atoms with E-state index < -0.39 is 0 Å². The first kappa shape index (κ1) is 18.6. The van der Waals surface area contributed by atoms with Crippen molar-refractivity contribution in [2.75, 3.05) is 51.7 Å². The molecule has 0 saturated carbocycles. The van der Waals surface area contributed by atoms with Crippen LogP contribution in [0.15, 0.2) is 35.3 Å². The molecule has 1 aromatic carbocycles. The van der Waals surface area contributed by atoms with Gasteiger partial charge in [0.2, 0.25) is 5.91 Å². The van der Waals surface area contributed by atoms with E-state index in [0.717, 1.165) is 5.69 Å². The molecule has 1 saturated heterocycles.